The lowest BCUT2D eigenvalue weighted by Crippen LogP contribution is -2.41. The number of aromatic nitrogens is 2. The van der Waals surface area contributed by atoms with Crippen LogP contribution in [0.25, 0.3) is 0 Å². The second-order valence-corrected chi connectivity index (χ2v) is 10.5. The van der Waals surface area contributed by atoms with Crippen molar-refractivity contribution in [2.24, 2.45) is 5.92 Å². The van der Waals surface area contributed by atoms with E-state index in [2.05, 4.69) is 25.5 Å². The number of methoxy groups -OCH3 is 1. The standard InChI is InChI=1S/C28H40N6O4/c1-18(2)38-24-11-21-17-34(28(36)12-20(21)10-23(24)37-5)26-14-31-25(13-32-26)33(4)16-19-6-8-22(9-7-19)30-15-27(35)29-3/h10-11,13-14,18-19,22,30H,6-9,12,15-17H2,1-5H3,(H,29,35). The molecule has 1 aliphatic carbocycles. The highest BCUT2D eigenvalue weighted by Crippen LogP contribution is 2.35. The van der Waals surface area contributed by atoms with E-state index < -0.39 is 0 Å². The first-order valence-electron chi connectivity index (χ1n) is 13.4. The molecule has 206 valence electrons. The summed E-state index contributed by atoms with van der Waals surface area (Å²) in [6.07, 6.45) is 8.06. The zero-order valence-electron chi connectivity index (χ0n) is 23.1. The van der Waals surface area contributed by atoms with Crippen LogP contribution in [0.2, 0.25) is 0 Å². The molecule has 1 aliphatic heterocycles. The van der Waals surface area contributed by atoms with Crippen LogP contribution in [0.5, 0.6) is 11.5 Å². The number of likely N-dealkylation sites (N-methyl/N-ethyl adjacent to an activating group) is 1. The van der Waals surface area contributed by atoms with Gasteiger partial charge in [-0.1, -0.05) is 0 Å². The van der Waals surface area contributed by atoms with Gasteiger partial charge in [-0.2, -0.15) is 0 Å². The minimum Gasteiger partial charge on any atom is -0.493 e. The van der Waals surface area contributed by atoms with Gasteiger partial charge in [0.1, 0.15) is 5.82 Å². The molecule has 0 spiro atoms. The molecule has 0 atom stereocenters. The summed E-state index contributed by atoms with van der Waals surface area (Å²) in [4.78, 5) is 37.5. The maximum Gasteiger partial charge on any atom is 0.233 e. The van der Waals surface area contributed by atoms with Crippen LogP contribution in [0.15, 0.2) is 24.5 Å². The Morgan fingerprint density at radius 1 is 1.13 bits per heavy atom. The highest BCUT2D eigenvalue weighted by atomic mass is 16.5. The number of nitrogens with zero attached hydrogens (tertiary/aromatic N) is 4. The fourth-order valence-electron chi connectivity index (χ4n) is 5.19. The fourth-order valence-corrected chi connectivity index (χ4v) is 5.19. The lowest BCUT2D eigenvalue weighted by atomic mass is 9.85. The molecule has 2 aliphatic rings. The molecule has 1 saturated carbocycles. The number of carbonyl (C=O) groups is 2. The molecule has 1 aromatic carbocycles. The van der Waals surface area contributed by atoms with E-state index in [-0.39, 0.29) is 24.3 Å². The number of hydrogen-bond acceptors (Lipinski definition) is 8. The third kappa shape index (κ3) is 6.72. The summed E-state index contributed by atoms with van der Waals surface area (Å²) in [6.45, 7) is 5.63. The lowest BCUT2D eigenvalue weighted by Gasteiger charge is -2.32. The van der Waals surface area contributed by atoms with Gasteiger partial charge in [-0.3, -0.25) is 14.5 Å². The number of anilines is 2. The Morgan fingerprint density at radius 3 is 2.50 bits per heavy atom. The Balaban J connectivity index is 1.35. The molecule has 38 heavy (non-hydrogen) atoms. The predicted octanol–water partition coefficient (Wildman–Crippen LogP) is 2.69. The topological polar surface area (TPSA) is 109 Å². The summed E-state index contributed by atoms with van der Waals surface area (Å²) in [5, 5.41) is 6.00. The summed E-state index contributed by atoms with van der Waals surface area (Å²) in [5.41, 5.74) is 1.96. The Labute approximate surface area is 225 Å². The van der Waals surface area contributed by atoms with E-state index in [9.17, 15) is 9.59 Å². The van der Waals surface area contributed by atoms with Crippen molar-refractivity contribution < 1.29 is 19.1 Å². The summed E-state index contributed by atoms with van der Waals surface area (Å²) in [5.74, 6) is 3.22. The molecule has 1 aromatic heterocycles. The zero-order valence-corrected chi connectivity index (χ0v) is 23.1. The number of benzene rings is 1. The van der Waals surface area contributed by atoms with Crippen molar-refractivity contribution in [3.05, 3.63) is 35.7 Å². The number of nitrogens with one attached hydrogen (secondary N) is 2. The van der Waals surface area contributed by atoms with Gasteiger partial charge in [0, 0.05) is 26.7 Å². The van der Waals surface area contributed by atoms with Gasteiger partial charge in [-0.25, -0.2) is 9.97 Å². The second-order valence-electron chi connectivity index (χ2n) is 10.5. The van der Waals surface area contributed by atoms with Gasteiger partial charge in [0.15, 0.2) is 17.3 Å². The van der Waals surface area contributed by atoms with E-state index in [1.54, 1.807) is 31.5 Å². The molecule has 0 unspecified atom stereocenters. The first-order valence-corrected chi connectivity index (χ1v) is 13.4. The van der Waals surface area contributed by atoms with E-state index in [0.29, 0.717) is 42.4 Å². The van der Waals surface area contributed by atoms with Gasteiger partial charge in [0.25, 0.3) is 0 Å². The quantitative estimate of drug-likeness (QED) is 0.488. The number of rotatable bonds is 10. The highest BCUT2D eigenvalue weighted by molar-refractivity contribution is 5.95. The van der Waals surface area contributed by atoms with Crippen molar-refractivity contribution in [3.63, 3.8) is 0 Å². The Bertz CT molecular complexity index is 1120. The molecule has 4 rings (SSSR count). The van der Waals surface area contributed by atoms with E-state index in [1.165, 1.54) is 0 Å². The summed E-state index contributed by atoms with van der Waals surface area (Å²) in [7, 11) is 5.30. The molecular formula is C28H40N6O4. The first kappa shape index (κ1) is 27.6. The van der Waals surface area contributed by atoms with E-state index >= 15 is 0 Å². The van der Waals surface area contributed by atoms with Gasteiger partial charge >= 0.3 is 0 Å². The van der Waals surface area contributed by atoms with Crippen molar-refractivity contribution in [1.29, 1.82) is 0 Å². The minimum absolute atomic E-state index is 0.0133. The lowest BCUT2D eigenvalue weighted by molar-refractivity contribution is -0.120. The van der Waals surface area contributed by atoms with Crippen LogP contribution in [0, 0.1) is 5.92 Å². The Hall–Kier alpha value is -3.40. The smallest absolute Gasteiger partial charge is 0.233 e. The SMILES string of the molecule is CNC(=O)CNC1CCC(CN(C)c2cnc(N3Cc4cc(OC(C)C)c(OC)cc4CC3=O)cn2)CC1. The predicted molar refractivity (Wildman–Crippen MR) is 147 cm³/mol. The normalized spacial score (nSPS) is 19.2. The van der Waals surface area contributed by atoms with Gasteiger partial charge in [0.2, 0.25) is 11.8 Å². The van der Waals surface area contributed by atoms with Crippen LogP contribution in [-0.2, 0) is 22.6 Å². The summed E-state index contributed by atoms with van der Waals surface area (Å²) in [6, 6.07) is 4.26. The molecule has 10 heteroatoms. The monoisotopic (exact) mass is 524 g/mol. The molecule has 2 N–H and O–H groups in total. The largest absolute Gasteiger partial charge is 0.493 e. The van der Waals surface area contributed by atoms with Crippen molar-refractivity contribution in [2.75, 3.05) is 44.1 Å². The van der Waals surface area contributed by atoms with Gasteiger partial charge < -0.3 is 25.0 Å². The molecule has 2 aromatic rings. The maximum atomic E-state index is 13.0. The summed E-state index contributed by atoms with van der Waals surface area (Å²) < 4.78 is 11.4. The third-order valence-electron chi connectivity index (χ3n) is 7.32. The van der Waals surface area contributed by atoms with Crippen LogP contribution >= 0.6 is 0 Å². The molecule has 1 fully saturated rings. The molecule has 0 radical (unpaired) electrons. The molecule has 2 heterocycles. The Kier molecular flexibility index (Phi) is 9.04. The van der Waals surface area contributed by atoms with Crippen molar-refractivity contribution >= 4 is 23.5 Å². The molecule has 0 bridgehead atoms. The van der Waals surface area contributed by atoms with Crippen LogP contribution in [-0.4, -0.2) is 68.2 Å². The van der Waals surface area contributed by atoms with E-state index in [1.807, 2.05) is 33.0 Å². The van der Waals surface area contributed by atoms with Crippen molar-refractivity contribution in [3.8, 4) is 11.5 Å². The van der Waals surface area contributed by atoms with Crippen LogP contribution in [0.3, 0.4) is 0 Å². The number of amides is 2. The zero-order chi connectivity index (χ0) is 27.2. The van der Waals surface area contributed by atoms with E-state index in [0.717, 1.165) is 49.2 Å². The van der Waals surface area contributed by atoms with Gasteiger partial charge in [-0.15, -0.1) is 0 Å². The second kappa shape index (κ2) is 12.4. The first-order chi connectivity index (χ1) is 18.3. The van der Waals surface area contributed by atoms with Gasteiger partial charge in [-0.05, 0) is 68.7 Å². The minimum atomic E-state index is -0.0192. The average molecular weight is 525 g/mol. The molecular weight excluding hydrogens is 484 g/mol. The maximum absolute atomic E-state index is 13.0. The number of carbonyl (C=O) groups excluding carboxylic acids is 2. The molecule has 10 nitrogen and oxygen atoms in total. The van der Waals surface area contributed by atoms with Crippen LogP contribution < -0.4 is 29.9 Å². The number of fused-ring (bicyclic) bond motifs is 1. The van der Waals surface area contributed by atoms with Gasteiger partial charge in [0.05, 0.1) is 45.1 Å². The van der Waals surface area contributed by atoms with Crippen molar-refractivity contribution in [1.82, 2.24) is 20.6 Å². The highest BCUT2D eigenvalue weighted by Gasteiger charge is 2.28. The van der Waals surface area contributed by atoms with Crippen LogP contribution in [0.1, 0.15) is 50.7 Å². The van der Waals surface area contributed by atoms with E-state index in [4.69, 9.17) is 9.47 Å². The Morgan fingerprint density at radius 2 is 1.87 bits per heavy atom. The van der Waals surface area contributed by atoms with Crippen molar-refractivity contribution in [2.45, 2.75) is 64.6 Å². The summed E-state index contributed by atoms with van der Waals surface area (Å²) >= 11 is 0. The van der Waals surface area contributed by atoms with Crippen LogP contribution in [0.4, 0.5) is 11.6 Å². The molecule has 2 amide bonds. The third-order valence-corrected chi connectivity index (χ3v) is 7.32. The molecule has 0 saturated heterocycles. The fraction of sp³-hybridized carbons (Fsp3) is 0.571. The number of ether oxygens (including phenoxy) is 2. The number of hydrogen-bond donors (Lipinski definition) is 2. The average Bonchev–Trinajstić information content (AvgIpc) is 2.91.